The van der Waals surface area contributed by atoms with Crippen molar-refractivity contribution in [3.63, 3.8) is 0 Å². The SMILES string of the molecule is Cc1ncc([N+](=O)[O-])cc1C(=O)NC(=O)CCl. The van der Waals surface area contributed by atoms with Gasteiger partial charge in [0.1, 0.15) is 12.1 Å². The lowest BCUT2D eigenvalue weighted by molar-refractivity contribution is -0.385. The molecule has 1 N–H and O–H groups in total. The number of aromatic nitrogens is 1. The molecule has 0 aliphatic heterocycles. The molecule has 0 atom stereocenters. The van der Waals surface area contributed by atoms with Crippen LogP contribution in [0.5, 0.6) is 0 Å². The van der Waals surface area contributed by atoms with Crippen LogP contribution in [0.15, 0.2) is 12.3 Å². The van der Waals surface area contributed by atoms with Gasteiger partial charge in [-0.2, -0.15) is 0 Å². The van der Waals surface area contributed by atoms with Crippen LogP contribution in [0.2, 0.25) is 0 Å². The summed E-state index contributed by atoms with van der Waals surface area (Å²) in [5.74, 6) is -1.81. The Hall–Kier alpha value is -2.02. The molecule has 0 radical (unpaired) electrons. The Morgan fingerprint density at radius 3 is 2.76 bits per heavy atom. The molecule has 1 aromatic rings. The van der Waals surface area contributed by atoms with Crippen molar-refractivity contribution in [3.8, 4) is 0 Å². The van der Waals surface area contributed by atoms with E-state index in [0.29, 0.717) is 0 Å². The number of halogens is 1. The van der Waals surface area contributed by atoms with Crippen LogP contribution in [-0.2, 0) is 4.79 Å². The lowest BCUT2D eigenvalue weighted by Crippen LogP contribution is -2.32. The average Bonchev–Trinajstić information content (AvgIpc) is 2.28. The first-order valence-corrected chi connectivity index (χ1v) is 5.00. The fourth-order valence-corrected chi connectivity index (χ4v) is 1.15. The number of rotatable bonds is 3. The number of aryl methyl sites for hydroxylation is 1. The van der Waals surface area contributed by atoms with E-state index in [9.17, 15) is 19.7 Å². The molecule has 7 nitrogen and oxygen atoms in total. The predicted molar refractivity (Wildman–Crippen MR) is 58.8 cm³/mol. The Kier molecular flexibility index (Phi) is 4.11. The Bertz CT molecular complexity index is 489. The highest BCUT2D eigenvalue weighted by Crippen LogP contribution is 2.14. The van der Waals surface area contributed by atoms with Crippen molar-refractivity contribution in [3.05, 3.63) is 33.6 Å². The van der Waals surface area contributed by atoms with Crippen LogP contribution in [-0.4, -0.2) is 27.6 Å². The van der Waals surface area contributed by atoms with E-state index in [1.165, 1.54) is 6.92 Å². The van der Waals surface area contributed by atoms with Crippen LogP contribution >= 0.6 is 11.6 Å². The maximum Gasteiger partial charge on any atom is 0.288 e. The topological polar surface area (TPSA) is 102 Å². The highest BCUT2D eigenvalue weighted by Gasteiger charge is 2.17. The minimum Gasteiger partial charge on any atom is -0.291 e. The van der Waals surface area contributed by atoms with E-state index in [0.717, 1.165) is 12.3 Å². The number of nitro groups is 1. The van der Waals surface area contributed by atoms with Gasteiger partial charge in [-0.25, -0.2) is 0 Å². The van der Waals surface area contributed by atoms with E-state index in [1.807, 2.05) is 5.32 Å². The number of alkyl halides is 1. The van der Waals surface area contributed by atoms with Crippen molar-refractivity contribution in [2.24, 2.45) is 0 Å². The number of imide groups is 1. The maximum absolute atomic E-state index is 11.6. The lowest BCUT2D eigenvalue weighted by atomic mass is 10.2. The van der Waals surface area contributed by atoms with Gasteiger partial charge in [0.05, 0.1) is 16.2 Å². The van der Waals surface area contributed by atoms with Crippen LogP contribution in [0, 0.1) is 17.0 Å². The fraction of sp³-hybridized carbons (Fsp3) is 0.222. The van der Waals surface area contributed by atoms with Crippen molar-refractivity contribution < 1.29 is 14.5 Å². The Morgan fingerprint density at radius 1 is 1.59 bits per heavy atom. The van der Waals surface area contributed by atoms with Crippen molar-refractivity contribution in [1.29, 1.82) is 0 Å². The molecule has 90 valence electrons. The number of nitrogens with one attached hydrogen (secondary N) is 1. The minimum atomic E-state index is -0.760. The third-order valence-corrected chi connectivity index (χ3v) is 2.14. The minimum absolute atomic E-state index is 0.0299. The van der Waals surface area contributed by atoms with Crippen LogP contribution in [0.3, 0.4) is 0 Å². The van der Waals surface area contributed by atoms with Crippen LogP contribution < -0.4 is 5.32 Å². The molecule has 1 heterocycles. The molecule has 0 spiro atoms. The van der Waals surface area contributed by atoms with Crippen molar-refractivity contribution in [2.75, 3.05) is 5.88 Å². The second-order valence-electron chi connectivity index (χ2n) is 3.09. The van der Waals surface area contributed by atoms with Gasteiger partial charge in [-0.15, -0.1) is 11.6 Å². The van der Waals surface area contributed by atoms with Gasteiger partial charge < -0.3 is 0 Å². The summed E-state index contributed by atoms with van der Waals surface area (Å²) in [4.78, 5) is 36.0. The third-order valence-electron chi connectivity index (χ3n) is 1.90. The van der Waals surface area contributed by atoms with Crippen molar-refractivity contribution >= 4 is 29.1 Å². The number of carbonyl (C=O) groups excluding carboxylic acids is 2. The summed E-state index contributed by atoms with van der Waals surface area (Å²) < 4.78 is 0. The zero-order chi connectivity index (χ0) is 13.0. The van der Waals surface area contributed by atoms with Gasteiger partial charge in [0.15, 0.2) is 0 Å². The summed E-state index contributed by atoms with van der Waals surface area (Å²) in [6.07, 6.45) is 1.04. The van der Waals surface area contributed by atoms with E-state index >= 15 is 0 Å². The van der Waals surface area contributed by atoms with Crippen LogP contribution in [0.1, 0.15) is 16.1 Å². The molecule has 0 aliphatic rings. The molecule has 0 fully saturated rings. The first-order chi connectivity index (χ1) is 7.95. The predicted octanol–water partition coefficient (Wildman–Crippen LogP) is 0.793. The molecule has 8 heteroatoms. The normalized spacial score (nSPS) is 9.76. The number of hydrogen-bond donors (Lipinski definition) is 1. The third kappa shape index (κ3) is 3.22. The van der Waals surface area contributed by atoms with Gasteiger partial charge in [0.2, 0.25) is 5.91 Å². The summed E-state index contributed by atoms with van der Waals surface area (Å²) in [6, 6.07) is 1.05. The van der Waals surface area contributed by atoms with Gasteiger partial charge in [-0.05, 0) is 6.92 Å². The number of nitrogens with zero attached hydrogens (tertiary/aromatic N) is 2. The second kappa shape index (κ2) is 5.35. The van der Waals surface area contributed by atoms with E-state index in [1.54, 1.807) is 0 Å². The summed E-state index contributed by atoms with van der Waals surface area (Å²) >= 11 is 5.22. The first kappa shape index (κ1) is 13.0. The quantitative estimate of drug-likeness (QED) is 0.490. The number of carbonyl (C=O) groups is 2. The van der Waals surface area contributed by atoms with E-state index in [2.05, 4.69) is 4.98 Å². The van der Waals surface area contributed by atoms with Gasteiger partial charge in [0, 0.05) is 6.07 Å². The molecule has 0 aliphatic carbocycles. The molecule has 2 amide bonds. The smallest absolute Gasteiger partial charge is 0.288 e. The van der Waals surface area contributed by atoms with Crippen LogP contribution in [0.25, 0.3) is 0 Å². The zero-order valence-corrected chi connectivity index (χ0v) is 9.52. The van der Waals surface area contributed by atoms with Crippen molar-refractivity contribution in [2.45, 2.75) is 6.92 Å². The highest BCUT2D eigenvalue weighted by molar-refractivity contribution is 6.28. The van der Waals surface area contributed by atoms with Gasteiger partial charge in [-0.1, -0.05) is 0 Å². The molecule has 1 aromatic heterocycles. The molecular weight excluding hydrogens is 250 g/mol. The van der Waals surface area contributed by atoms with Crippen molar-refractivity contribution in [1.82, 2.24) is 10.3 Å². The van der Waals surface area contributed by atoms with E-state index < -0.39 is 16.7 Å². The largest absolute Gasteiger partial charge is 0.291 e. The maximum atomic E-state index is 11.6. The average molecular weight is 258 g/mol. The van der Waals surface area contributed by atoms with Gasteiger partial charge in [-0.3, -0.25) is 30.0 Å². The Balaban J connectivity index is 3.04. The van der Waals surface area contributed by atoms with Gasteiger partial charge in [0.25, 0.3) is 11.6 Å². The number of pyridine rings is 1. The second-order valence-corrected chi connectivity index (χ2v) is 3.36. The van der Waals surface area contributed by atoms with E-state index in [4.69, 9.17) is 11.6 Å². The summed E-state index contributed by atoms with van der Waals surface area (Å²) in [6.45, 7) is 1.50. The Labute approximate surface area is 101 Å². The Morgan fingerprint density at radius 2 is 2.24 bits per heavy atom. The number of amides is 2. The molecule has 0 unspecified atom stereocenters. The number of hydrogen-bond acceptors (Lipinski definition) is 5. The summed E-state index contributed by atoms with van der Waals surface area (Å²) in [7, 11) is 0. The molecule has 0 saturated carbocycles. The first-order valence-electron chi connectivity index (χ1n) is 4.47. The van der Waals surface area contributed by atoms with Crippen LogP contribution in [0.4, 0.5) is 5.69 Å². The monoisotopic (exact) mass is 257 g/mol. The molecule has 0 saturated heterocycles. The van der Waals surface area contributed by atoms with Gasteiger partial charge >= 0.3 is 0 Å². The summed E-state index contributed by atoms with van der Waals surface area (Å²) in [5, 5.41) is 12.5. The highest BCUT2D eigenvalue weighted by atomic mass is 35.5. The standard InChI is InChI=1S/C9H8ClN3O4/c1-5-7(9(15)12-8(14)3-10)2-6(4-11-5)13(16)17/h2,4H,3H2,1H3,(H,12,14,15). The lowest BCUT2D eigenvalue weighted by Gasteiger charge is -2.04. The molecule has 1 rings (SSSR count). The summed E-state index contributed by atoms with van der Waals surface area (Å²) in [5.41, 5.74) is -0.0628. The molecule has 0 aromatic carbocycles. The molecule has 17 heavy (non-hydrogen) atoms. The molecular formula is C9H8ClN3O4. The molecule has 0 bridgehead atoms. The zero-order valence-electron chi connectivity index (χ0n) is 8.77. The van der Waals surface area contributed by atoms with E-state index in [-0.39, 0.29) is 22.8 Å². The fourth-order valence-electron chi connectivity index (χ4n) is 1.08.